The highest BCUT2D eigenvalue weighted by Gasteiger charge is 2.33. The maximum atomic E-state index is 5.74. The van der Waals surface area contributed by atoms with Gasteiger partial charge in [0.05, 0.1) is 26.0 Å². The van der Waals surface area contributed by atoms with Gasteiger partial charge >= 0.3 is 0 Å². The number of piperazine rings is 1. The third kappa shape index (κ3) is 3.53. The fourth-order valence-corrected chi connectivity index (χ4v) is 3.88. The summed E-state index contributed by atoms with van der Waals surface area (Å²) in [5, 5.41) is 4.53. The summed E-state index contributed by atoms with van der Waals surface area (Å²) in [5.74, 6) is 0. The lowest BCUT2D eigenvalue weighted by Crippen LogP contribution is -2.60. The minimum Gasteiger partial charge on any atom is -0.378 e. The van der Waals surface area contributed by atoms with E-state index in [9.17, 15) is 0 Å². The lowest BCUT2D eigenvalue weighted by atomic mass is 10.1. The van der Waals surface area contributed by atoms with Gasteiger partial charge in [0.15, 0.2) is 0 Å². The summed E-state index contributed by atoms with van der Waals surface area (Å²) in [6.45, 7) is 9.20. The third-order valence-electron chi connectivity index (χ3n) is 5.13. The quantitative estimate of drug-likeness (QED) is 0.858. The van der Waals surface area contributed by atoms with Gasteiger partial charge in [-0.05, 0) is 12.5 Å². The monoisotopic (exact) mass is 326 g/mol. The first kappa shape index (κ1) is 15.8. The molecule has 5 nitrogen and oxygen atoms in total. The van der Waals surface area contributed by atoms with Crippen LogP contribution in [0.2, 0.25) is 0 Å². The lowest BCUT2D eigenvalue weighted by Gasteiger charge is -2.47. The van der Waals surface area contributed by atoms with Crippen LogP contribution >= 0.6 is 0 Å². The van der Waals surface area contributed by atoms with E-state index in [4.69, 9.17) is 4.74 Å². The zero-order chi connectivity index (χ0) is 16.4. The standard InChI is InChI=1S/C19H26N4O/c1-16-14-24-15-19-13-21(7-8-23(16)19)10-18-9-20-22(12-18)11-17-5-3-2-4-6-17/h2-6,9,12,16,19H,7-8,10-11,13-15H2,1H3/t16-,19+/m0/s1. The van der Waals surface area contributed by atoms with Crippen molar-refractivity contribution >= 4 is 0 Å². The molecule has 0 radical (unpaired) electrons. The second-order valence-electron chi connectivity index (χ2n) is 7.05. The van der Waals surface area contributed by atoms with Crippen LogP contribution in [-0.4, -0.2) is 64.5 Å². The molecule has 2 saturated heterocycles. The molecule has 0 N–H and O–H groups in total. The van der Waals surface area contributed by atoms with Crippen molar-refractivity contribution in [3.05, 3.63) is 53.9 Å². The predicted molar refractivity (Wildman–Crippen MR) is 93.8 cm³/mol. The van der Waals surface area contributed by atoms with Gasteiger partial charge in [0.25, 0.3) is 0 Å². The number of rotatable bonds is 4. The molecule has 2 aliphatic heterocycles. The number of hydrogen-bond acceptors (Lipinski definition) is 4. The van der Waals surface area contributed by atoms with Crippen molar-refractivity contribution < 1.29 is 4.74 Å². The number of ether oxygens (including phenoxy) is 1. The van der Waals surface area contributed by atoms with Crippen LogP contribution in [0.1, 0.15) is 18.1 Å². The molecule has 2 fully saturated rings. The number of aromatic nitrogens is 2. The van der Waals surface area contributed by atoms with E-state index in [1.165, 1.54) is 11.1 Å². The topological polar surface area (TPSA) is 33.5 Å². The Morgan fingerprint density at radius 2 is 1.96 bits per heavy atom. The summed E-state index contributed by atoms with van der Waals surface area (Å²) in [5.41, 5.74) is 2.58. The number of hydrogen-bond donors (Lipinski definition) is 0. The summed E-state index contributed by atoms with van der Waals surface area (Å²) in [6, 6.07) is 11.6. The molecular formula is C19H26N4O. The highest BCUT2D eigenvalue weighted by atomic mass is 16.5. The van der Waals surface area contributed by atoms with Gasteiger partial charge in [-0.15, -0.1) is 0 Å². The molecule has 24 heavy (non-hydrogen) atoms. The van der Waals surface area contributed by atoms with Gasteiger partial charge in [0.2, 0.25) is 0 Å². The maximum Gasteiger partial charge on any atom is 0.0659 e. The zero-order valence-corrected chi connectivity index (χ0v) is 14.3. The van der Waals surface area contributed by atoms with Crippen molar-refractivity contribution in [2.75, 3.05) is 32.8 Å². The van der Waals surface area contributed by atoms with E-state index < -0.39 is 0 Å². The van der Waals surface area contributed by atoms with Gasteiger partial charge in [-0.1, -0.05) is 30.3 Å². The molecule has 0 saturated carbocycles. The van der Waals surface area contributed by atoms with Gasteiger partial charge < -0.3 is 4.74 Å². The molecular weight excluding hydrogens is 300 g/mol. The van der Waals surface area contributed by atoms with E-state index in [1.807, 2.05) is 16.9 Å². The van der Waals surface area contributed by atoms with E-state index in [-0.39, 0.29) is 0 Å². The number of nitrogens with zero attached hydrogens (tertiary/aromatic N) is 4. The van der Waals surface area contributed by atoms with E-state index in [0.717, 1.165) is 45.9 Å². The van der Waals surface area contributed by atoms with Crippen LogP contribution in [0.5, 0.6) is 0 Å². The van der Waals surface area contributed by atoms with Crippen molar-refractivity contribution in [1.29, 1.82) is 0 Å². The Bertz CT molecular complexity index is 656. The second-order valence-corrected chi connectivity index (χ2v) is 7.05. The van der Waals surface area contributed by atoms with E-state index >= 15 is 0 Å². The van der Waals surface area contributed by atoms with E-state index in [0.29, 0.717) is 12.1 Å². The largest absolute Gasteiger partial charge is 0.378 e. The summed E-state index contributed by atoms with van der Waals surface area (Å²) in [6.07, 6.45) is 4.19. The third-order valence-corrected chi connectivity index (χ3v) is 5.13. The van der Waals surface area contributed by atoms with E-state index in [1.54, 1.807) is 0 Å². The first-order chi connectivity index (χ1) is 11.8. The number of fused-ring (bicyclic) bond motifs is 1. The summed E-state index contributed by atoms with van der Waals surface area (Å²) < 4.78 is 7.77. The summed E-state index contributed by atoms with van der Waals surface area (Å²) in [7, 11) is 0. The fraction of sp³-hybridized carbons (Fsp3) is 0.526. The molecule has 3 heterocycles. The molecule has 0 bridgehead atoms. The minimum absolute atomic E-state index is 0.543. The second kappa shape index (κ2) is 7.05. The van der Waals surface area contributed by atoms with Crippen molar-refractivity contribution in [3.8, 4) is 0 Å². The van der Waals surface area contributed by atoms with Crippen LogP contribution in [0.4, 0.5) is 0 Å². The highest BCUT2D eigenvalue weighted by Crippen LogP contribution is 2.19. The first-order valence-corrected chi connectivity index (χ1v) is 8.89. The molecule has 2 atom stereocenters. The molecule has 128 valence electrons. The van der Waals surface area contributed by atoms with Gasteiger partial charge in [0.1, 0.15) is 0 Å². The normalized spacial score (nSPS) is 25.5. The van der Waals surface area contributed by atoms with Crippen LogP contribution in [0.25, 0.3) is 0 Å². The van der Waals surface area contributed by atoms with Crippen LogP contribution in [0.15, 0.2) is 42.7 Å². The van der Waals surface area contributed by atoms with Gasteiger partial charge in [-0.3, -0.25) is 14.5 Å². The van der Waals surface area contributed by atoms with Crippen molar-refractivity contribution in [1.82, 2.24) is 19.6 Å². The van der Waals surface area contributed by atoms with Crippen molar-refractivity contribution in [3.63, 3.8) is 0 Å². The molecule has 5 heteroatoms. The highest BCUT2D eigenvalue weighted by molar-refractivity contribution is 5.15. The molecule has 1 aromatic carbocycles. The molecule has 0 aliphatic carbocycles. The van der Waals surface area contributed by atoms with Crippen LogP contribution < -0.4 is 0 Å². The first-order valence-electron chi connectivity index (χ1n) is 8.89. The molecule has 1 aromatic heterocycles. The van der Waals surface area contributed by atoms with Gasteiger partial charge in [-0.2, -0.15) is 5.10 Å². The lowest BCUT2D eigenvalue weighted by molar-refractivity contribution is -0.0765. The van der Waals surface area contributed by atoms with Gasteiger partial charge in [0, 0.05) is 50.0 Å². The Morgan fingerprint density at radius 1 is 1.08 bits per heavy atom. The predicted octanol–water partition coefficient (Wildman–Crippen LogP) is 1.84. The smallest absolute Gasteiger partial charge is 0.0659 e. The van der Waals surface area contributed by atoms with Crippen LogP contribution in [0, 0.1) is 0 Å². The molecule has 0 unspecified atom stereocenters. The van der Waals surface area contributed by atoms with Crippen molar-refractivity contribution in [2.24, 2.45) is 0 Å². The van der Waals surface area contributed by atoms with Gasteiger partial charge in [-0.25, -0.2) is 0 Å². The number of benzene rings is 1. The molecule has 4 rings (SSSR count). The molecule has 2 aromatic rings. The molecule has 0 amide bonds. The Balaban J connectivity index is 1.35. The Morgan fingerprint density at radius 3 is 2.83 bits per heavy atom. The Labute approximate surface area is 143 Å². The molecule has 2 aliphatic rings. The van der Waals surface area contributed by atoms with Crippen LogP contribution in [-0.2, 0) is 17.8 Å². The zero-order valence-electron chi connectivity index (χ0n) is 14.3. The van der Waals surface area contributed by atoms with E-state index in [2.05, 4.69) is 52.3 Å². The maximum absolute atomic E-state index is 5.74. The summed E-state index contributed by atoms with van der Waals surface area (Å²) >= 11 is 0. The average molecular weight is 326 g/mol. The molecule has 0 spiro atoms. The average Bonchev–Trinajstić information content (AvgIpc) is 3.03. The van der Waals surface area contributed by atoms with Crippen LogP contribution in [0.3, 0.4) is 0 Å². The minimum atomic E-state index is 0.543. The fourth-order valence-electron chi connectivity index (χ4n) is 3.88. The summed E-state index contributed by atoms with van der Waals surface area (Å²) in [4.78, 5) is 5.14. The van der Waals surface area contributed by atoms with Crippen molar-refractivity contribution in [2.45, 2.75) is 32.1 Å². The Hall–Kier alpha value is -1.69. The SMILES string of the molecule is C[C@H]1COC[C@H]2CN(Cc3cnn(Cc4ccccc4)c3)CCN21. The number of morpholine rings is 1. The Kier molecular flexibility index (Phi) is 4.65.